The van der Waals surface area contributed by atoms with Crippen molar-refractivity contribution in [2.45, 2.75) is 26.3 Å². The van der Waals surface area contributed by atoms with Gasteiger partial charge in [0.05, 0.1) is 0 Å². The van der Waals surface area contributed by atoms with Gasteiger partial charge in [-0.3, -0.25) is 4.79 Å². The summed E-state index contributed by atoms with van der Waals surface area (Å²) in [6.07, 6.45) is 4.70. The van der Waals surface area contributed by atoms with E-state index in [1.807, 2.05) is 36.1 Å². The second-order valence-electron chi connectivity index (χ2n) is 5.22. The van der Waals surface area contributed by atoms with E-state index in [1.165, 1.54) is 0 Å². The first-order chi connectivity index (χ1) is 9.56. The predicted octanol–water partition coefficient (Wildman–Crippen LogP) is 2.54. The molecule has 4 nitrogen and oxygen atoms in total. The van der Waals surface area contributed by atoms with Crippen LogP contribution >= 0.6 is 0 Å². The van der Waals surface area contributed by atoms with E-state index in [0.29, 0.717) is 6.54 Å². The number of piperidine rings is 1. The highest BCUT2D eigenvalue weighted by molar-refractivity contribution is 5.85. The molecule has 20 heavy (non-hydrogen) atoms. The molecule has 106 valence electrons. The number of carbonyl (C=O) groups is 2. The lowest BCUT2D eigenvalue weighted by Crippen LogP contribution is -2.39. The first kappa shape index (κ1) is 14.3. The van der Waals surface area contributed by atoms with Crippen molar-refractivity contribution in [1.82, 2.24) is 4.90 Å². The zero-order valence-corrected chi connectivity index (χ0v) is 11.6. The van der Waals surface area contributed by atoms with Gasteiger partial charge in [-0.2, -0.15) is 0 Å². The molecule has 1 saturated heterocycles. The fourth-order valence-electron chi connectivity index (χ4n) is 2.47. The van der Waals surface area contributed by atoms with E-state index in [4.69, 9.17) is 5.11 Å². The third kappa shape index (κ3) is 3.70. The van der Waals surface area contributed by atoms with Gasteiger partial charge in [0.25, 0.3) is 0 Å². The predicted molar refractivity (Wildman–Crippen MR) is 76.9 cm³/mol. The summed E-state index contributed by atoms with van der Waals surface area (Å²) in [6, 6.07) is 7.62. The van der Waals surface area contributed by atoms with Crippen molar-refractivity contribution in [2.24, 2.45) is 5.92 Å². The first-order valence-corrected chi connectivity index (χ1v) is 6.85. The Morgan fingerprint density at radius 1 is 1.50 bits per heavy atom. The van der Waals surface area contributed by atoms with Gasteiger partial charge in [0, 0.05) is 25.1 Å². The number of benzene rings is 1. The van der Waals surface area contributed by atoms with Gasteiger partial charge < -0.3 is 10.0 Å². The molecule has 1 atom stereocenters. The van der Waals surface area contributed by atoms with Crippen LogP contribution in [0.2, 0.25) is 0 Å². The number of aliphatic carboxylic acids is 1. The van der Waals surface area contributed by atoms with E-state index in [1.54, 1.807) is 6.08 Å². The molecular weight excluding hydrogens is 254 g/mol. The minimum absolute atomic E-state index is 0.110. The minimum Gasteiger partial charge on any atom is -0.478 e. The molecule has 0 bridgehead atoms. The Balaban J connectivity index is 2.07. The van der Waals surface area contributed by atoms with Crippen LogP contribution in [0.4, 0.5) is 0 Å². The number of carbonyl (C=O) groups excluding carboxylic acids is 1. The molecule has 1 aliphatic heterocycles. The summed E-state index contributed by atoms with van der Waals surface area (Å²) in [5.74, 6) is -0.642. The van der Waals surface area contributed by atoms with Gasteiger partial charge in [-0.05, 0) is 36.1 Å². The lowest BCUT2D eigenvalue weighted by Gasteiger charge is -2.30. The van der Waals surface area contributed by atoms with Crippen molar-refractivity contribution in [2.75, 3.05) is 6.54 Å². The maximum atomic E-state index is 12.1. The van der Waals surface area contributed by atoms with Crippen LogP contribution < -0.4 is 0 Å². The van der Waals surface area contributed by atoms with Crippen molar-refractivity contribution in [3.8, 4) is 0 Å². The molecule has 2 rings (SSSR count). The summed E-state index contributed by atoms with van der Waals surface area (Å²) >= 11 is 0. The van der Waals surface area contributed by atoms with Gasteiger partial charge in [0.2, 0.25) is 5.91 Å². The number of carboxylic acid groups (broad SMARTS) is 1. The van der Waals surface area contributed by atoms with E-state index in [-0.39, 0.29) is 11.8 Å². The molecule has 0 aromatic heterocycles. The molecule has 1 aliphatic rings. The molecule has 1 heterocycles. The fourth-order valence-corrected chi connectivity index (χ4v) is 2.47. The Bertz CT molecular complexity index is 536. The molecular formula is C16H19NO3. The second kappa shape index (κ2) is 6.37. The van der Waals surface area contributed by atoms with Gasteiger partial charge in [0.15, 0.2) is 0 Å². The molecule has 1 fully saturated rings. The lowest BCUT2D eigenvalue weighted by molar-refractivity contribution is -0.138. The average molecular weight is 273 g/mol. The third-order valence-electron chi connectivity index (χ3n) is 3.54. The topological polar surface area (TPSA) is 57.6 Å². The maximum Gasteiger partial charge on any atom is 0.328 e. The highest BCUT2D eigenvalue weighted by Gasteiger charge is 2.24. The Kier molecular flexibility index (Phi) is 4.56. The SMILES string of the molecule is CC1CCCN(Cc2cccc(/C=C/C(=O)O)c2)C1=O. The molecule has 1 aromatic carbocycles. The van der Waals surface area contributed by atoms with Crippen LogP contribution in [-0.2, 0) is 16.1 Å². The van der Waals surface area contributed by atoms with Gasteiger partial charge in [-0.15, -0.1) is 0 Å². The van der Waals surface area contributed by atoms with Crippen LogP contribution in [0.25, 0.3) is 6.08 Å². The molecule has 0 saturated carbocycles. The molecule has 1 aromatic rings. The van der Waals surface area contributed by atoms with Crippen LogP contribution in [-0.4, -0.2) is 28.4 Å². The van der Waals surface area contributed by atoms with E-state index in [9.17, 15) is 9.59 Å². The third-order valence-corrected chi connectivity index (χ3v) is 3.54. The molecule has 1 unspecified atom stereocenters. The van der Waals surface area contributed by atoms with E-state index in [0.717, 1.165) is 36.6 Å². The van der Waals surface area contributed by atoms with Crippen molar-refractivity contribution in [1.29, 1.82) is 0 Å². The Morgan fingerprint density at radius 3 is 3.05 bits per heavy atom. The highest BCUT2D eigenvalue weighted by atomic mass is 16.4. The molecule has 1 N–H and O–H groups in total. The Hall–Kier alpha value is -2.10. The van der Waals surface area contributed by atoms with Crippen molar-refractivity contribution in [3.05, 3.63) is 41.5 Å². The van der Waals surface area contributed by atoms with Gasteiger partial charge in [-0.25, -0.2) is 4.79 Å². The maximum absolute atomic E-state index is 12.1. The minimum atomic E-state index is -0.963. The number of hydrogen-bond donors (Lipinski definition) is 1. The smallest absolute Gasteiger partial charge is 0.328 e. The summed E-state index contributed by atoms with van der Waals surface area (Å²) in [5, 5.41) is 8.63. The Labute approximate surface area is 118 Å². The van der Waals surface area contributed by atoms with Crippen molar-refractivity contribution in [3.63, 3.8) is 0 Å². The number of amides is 1. The zero-order valence-electron chi connectivity index (χ0n) is 11.6. The van der Waals surface area contributed by atoms with E-state index < -0.39 is 5.97 Å². The normalized spacial score (nSPS) is 19.6. The summed E-state index contributed by atoms with van der Waals surface area (Å²) in [7, 11) is 0. The number of likely N-dealkylation sites (tertiary alicyclic amines) is 1. The molecule has 1 amide bonds. The largest absolute Gasteiger partial charge is 0.478 e. The van der Waals surface area contributed by atoms with Crippen molar-refractivity contribution >= 4 is 18.0 Å². The summed E-state index contributed by atoms with van der Waals surface area (Å²) in [4.78, 5) is 24.5. The fraction of sp³-hybridized carbons (Fsp3) is 0.375. The van der Waals surface area contributed by atoms with Crippen molar-refractivity contribution < 1.29 is 14.7 Å². The zero-order chi connectivity index (χ0) is 14.5. The second-order valence-corrected chi connectivity index (χ2v) is 5.22. The molecule has 0 spiro atoms. The van der Waals surface area contributed by atoms with E-state index >= 15 is 0 Å². The van der Waals surface area contributed by atoms with Gasteiger partial charge in [0.1, 0.15) is 0 Å². The van der Waals surface area contributed by atoms with Gasteiger partial charge >= 0.3 is 5.97 Å². The summed E-state index contributed by atoms with van der Waals surface area (Å²) < 4.78 is 0. The molecule has 0 aliphatic carbocycles. The monoisotopic (exact) mass is 273 g/mol. The summed E-state index contributed by atoms with van der Waals surface area (Å²) in [5.41, 5.74) is 1.86. The quantitative estimate of drug-likeness (QED) is 0.858. The van der Waals surface area contributed by atoms with Crippen LogP contribution in [0.1, 0.15) is 30.9 Å². The lowest BCUT2D eigenvalue weighted by atomic mass is 9.98. The van der Waals surface area contributed by atoms with Crippen LogP contribution in [0, 0.1) is 5.92 Å². The standard InChI is InChI=1S/C16H19NO3/c1-12-4-3-9-17(16(12)20)11-14-6-2-5-13(10-14)7-8-15(18)19/h2,5-8,10,12H,3-4,9,11H2,1H3,(H,18,19)/b8-7+. The Morgan fingerprint density at radius 2 is 2.30 bits per heavy atom. The van der Waals surface area contributed by atoms with Gasteiger partial charge in [-0.1, -0.05) is 25.1 Å². The summed E-state index contributed by atoms with van der Waals surface area (Å²) in [6.45, 7) is 3.37. The molecule has 0 radical (unpaired) electrons. The average Bonchev–Trinajstić information content (AvgIpc) is 2.42. The van der Waals surface area contributed by atoms with E-state index in [2.05, 4.69) is 0 Å². The van der Waals surface area contributed by atoms with Crippen LogP contribution in [0.3, 0.4) is 0 Å². The molecule has 4 heteroatoms. The number of hydrogen-bond acceptors (Lipinski definition) is 2. The van der Waals surface area contributed by atoms with Crippen LogP contribution in [0.5, 0.6) is 0 Å². The number of rotatable bonds is 4. The highest BCUT2D eigenvalue weighted by Crippen LogP contribution is 2.20. The number of nitrogens with zero attached hydrogens (tertiary/aromatic N) is 1. The number of carboxylic acids is 1. The van der Waals surface area contributed by atoms with Crippen LogP contribution in [0.15, 0.2) is 30.3 Å². The first-order valence-electron chi connectivity index (χ1n) is 6.85.